The molecule has 1 saturated heterocycles. The lowest BCUT2D eigenvalue weighted by Crippen LogP contribution is -2.53. The predicted octanol–water partition coefficient (Wildman–Crippen LogP) is 4.25. The normalized spacial score (nSPS) is 26.1. The third kappa shape index (κ3) is 4.82. The van der Waals surface area contributed by atoms with Crippen LogP contribution in [0.4, 0.5) is 0 Å². The number of ether oxygens (including phenoxy) is 1. The van der Waals surface area contributed by atoms with E-state index >= 15 is 0 Å². The monoisotopic (exact) mass is 444 g/mol. The van der Waals surface area contributed by atoms with Crippen molar-refractivity contribution in [2.45, 2.75) is 77.0 Å². The van der Waals surface area contributed by atoms with Crippen molar-refractivity contribution >= 4 is 35.8 Å². The molecule has 2 fully saturated rings. The molecule has 1 aliphatic carbocycles. The number of hydrogen-bond acceptors (Lipinski definition) is 4. The van der Waals surface area contributed by atoms with E-state index in [9.17, 15) is 4.79 Å². The minimum absolute atomic E-state index is 0. The van der Waals surface area contributed by atoms with Gasteiger partial charge in [-0.1, -0.05) is 0 Å². The van der Waals surface area contributed by atoms with Crippen molar-refractivity contribution in [3.05, 3.63) is 28.4 Å². The van der Waals surface area contributed by atoms with E-state index < -0.39 is 0 Å². The van der Waals surface area contributed by atoms with Gasteiger partial charge in [-0.05, 0) is 65.4 Å². The summed E-state index contributed by atoms with van der Waals surface area (Å²) in [4.78, 5) is 22.5. The molecule has 0 spiro atoms. The van der Waals surface area contributed by atoms with E-state index in [0.29, 0.717) is 6.10 Å². The van der Waals surface area contributed by atoms with E-state index in [1.807, 2.05) is 17.6 Å². The summed E-state index contributed by atoms with van der Waals surface area (Å²) in [6.45, 7) is 9.42. The average molecular weight is 445 g/mol. The van der Waals surface area contributed by atoms with E-state index in [2.05, 4.69) is 28.7 Å². The summed E-state index contributed by atoms with van der Waals surface area (Å²) in [5, 5.41) is 0. The number of piperidine rings is 1. The molecule has 0 unspecified atom stereocenters. The van der Waals surface area contributed by atoms with Gasteiger partial charge in [0.2, 0.25) is 0 Å². The molecule has 6 nitrogen and oxygen atoms in total. The van der Waals surface area contributed by atoms with Crippen molar-refractivity contribution in [2.75, 3.05) is 19.7 Å². The van der Waals surface area contributed by atoms with Crippen LogP contribution in [0.2, 0.25) is 0 Å². The van der Waals surface area contributed by atoms with Crippen LogP contribution in [0.5, 0.6) is 0 Å². The molecule has 4 rings (SSSR count). The second kappa shape index (κ2) is 9.82. The molecule has 8 heteroatoms. The van der Waals surface area contributed by atoms with Gasteiger partial charge < -0.3 is 9.72 Å². The van der Waals surface area contributed by atoms with Crippen LogP contribution in [0.3, 0.4) is 0 Å². The van der Waals surface area contributed by atoms with Crippen molar-refractivity contribution in [1.29, 1.82) is 0 Å². The second-order valence-corrected chi connectivity index (χ2v) is 8.51. The number of nitrogens with zero attached hydrogens (tertiary/aromatic N) is 3. The maximum absolute atomic E-state index is 12.5. The first-order valence-corrected chi connectivity index (χ1v) is 10.4. The zero-order valence-corrected chi connectivity index (χ0v) is 19.3. The number of halogens is 2. The van der Waals surface area contributed by atoms with Crippen LogP contribution in [0.1, 0.15) is 64.1 Å². The van der Waals surface area contributed by atoms with Gasteiger partial charge >= 0.3 is 5.69 Å². The van der Waals surface area contributed by atoms with Crippen molar-refractivity contribution in [3.63, 3.8) is 0 Å². The Morgan fingerprint density at radius 3 is 2.48 bits per heavy atom. The van der Waals surface area contributed by atoms with Gasteiger partial charge in [0.05, 0.1) is 23.3 Å². The molecule has 0 bridgehead atoms. The van der Waals surface area contributed by atoms with Crippen LogP contribution in [-0.4, -0.2) is 50.8 Å². The first kappa shape index (κ1) is 24.2. The Morgan fingerprint density at radius 1 is 1.21 bits per heavy atom. The van der Waals surface area contributed by atoms with Crippen LogP contribution in [0, 0.1) is 6.92 Å². The van der Waals surface area contributed by atoms with Crippen LogP contribution >= 0.6 is 24.8 Å². The van der Waals surface area contributed by atoms with Crippen LogP contribution < -0.4 is 5.69 Å². The fourth-order valence-corrected chi connectivity index (χ4v) is 5.08. The first-order valence-electron chi connectivity index (χ1n) is 10.4. The lowest BCUT2D eigenvalue weighted by Gasteiger charge is -2.48. The molecule has 0 aromatic carbocycles. The Hall–Kier alpha value is -1.08. The Balaban J connectivity index is 0.00000150. The summed E-state index contributed by atoms with van der Waals surface area (Å²) >= 11 is 0. The van der Waals surface area contributed by atoms with Gasteiger partial charge in [-0.25, -0.2) is 4.79 Å². The van der Waals surface area contributed by atoms with E-state index in [-0.39, 0.29) is 42.1 Å². The molecule has 164 valence electrons. The number of aromatic amines is 1. The lowest BCUT2D eigenvalue weighted by molar-refractivity contribution is -0.0273. The maximum Gasteiger partial charge on any atom is 0.326 e. The highest BCUT2D eigenvalue weighted by molar-refractivity contribution is 5.85. The standard InChI is InChI=1S/C21H32N4O2.2ClH/c1-4-27-17-5-9-21(3,10-6-17)24-11-7-16(8-12-24)25-19-13-15(2)22-14-18(19)23-20(25)26;;/h13-14,16-17H,4-12H2,1-3H3,(H,23,26);2*1H. The summed E-state index contributed by atoms with van der Waals surface area (Å²) in [6.07, 6.45) is 9.02. The van der Waals surface area contributed by atoms with Gasteiger partial charge in [0.25, 0.3) is 0 Å². The zero-order valence-electron chi connectivity index (χ0n) is 17.6. The largest absolute Gasteiger partial charge is 0.379 e. The topological polar surface area (TPSA) is 63.1 Å². The van der Waals surface area contributed by atoms with Gasteiger partial charge in [-0.15, -0.1) is 24.8 Å². The van der Waals surface area contributed by atoms with E-state index in [0.717, 1.165) is 49.3 Å². The number of nitrogens with one attached hydrogen (secondary N) is 1. The summed E-state index contributed by atoms with van der Waals surface area (Å²) < 4.78 is 7.80. The summed E-state index contributed by atoms with van der Waals surface area (Å²) in [5.74, 6) is 0. The van der Waals surface area contributed by atoms with E-state index in [4.69, 9.17) is 4.74 Å². The molecule has 0 amide bonds. The summed E-state index contributed by atoms with van der Waals surface area (Å²) in [6, 6.07) is 2.29. The van der Waals surface area contributed by atoms with Crippen molar-refractivity contribution in [2.24, 2.45) is 0 Å². The number of likely N-dealkylation sites (tertiary alicyclic amines) is 1. The van der Waals surface area contributed by atoms with Gasteiger partial charge in [0.1, 0.15) is 0 Å². The van der Waals surface area contributed by atoms with Gasteiger partial charge in [-0.2, -0.15) is 0 Å². The molecule has 3 heterocycles. The molecule has 1 aliphatic heterocycles. The number of fused-ring (bicyclic) bond motifs is 1. The minimum atomic E-state index is -0.000663. The predicted molar refractivity (Wildman–Crippen MR) is 122 cm³/mol. The molecule has 0 radical (unpaired) electrons. The molecule has 2 aromatic heterocycles. The molecular weight excluding hydrogens is 411 g/mol. The van der Waals surface area contributed by atoms with Crippen LogP contribution in [-0.2, 0) is 4.74 Å². The van der Waals surface area contributed by atoms with Crippen LogP contribution in [0.15, 0.2) is 17.1 Å². The number of aryl methyl sites for hydroxylation is 1. The minimum Gasteiger partial charge on any atom is -0.379 e. The second-order valence-electron chi connectivity index (χ2n) is 8.51. The SMILES string of the molecule is CCOC1CCC(C)(N2CCC(n3c(=O)[nH]c4cnc(C)cc43)CC2)CC1.Cl.Cl. The highest BCUT2D eigenvalue weighted by Gasteiger charge is 2.38. The number of aromatic nitrogens is 3. The van der Waals surface area contributed by atoms with Crippen molar-refractivity contribution in [3.8, 4) is 0 Å². The van der Waals surface area contributed by atoms with E-state index in [1.165, 1.54) is 25.7 Å². The third-order valence-corrected chi connectivity index (χ3v) is 6.74. The van der Waals surface area contributed by atoms with Crippen molar-refractivity contribution < 1.29 is 4.74 Å². The molecule has 2 aliphatic rings. The Bertz CT molecular complexity index is 850. The molecule has 0 atom stereocenters. The van der Waals surface area contributed by atoms with Gasteiger partial charge in [0.15, 0.2) is 0 Å². The quantitative estimate of drug-likeness (QED) is 0.764. The molecule has 1 N–H and O–H groups in total. The number of rotatable bonds is 4. The number of imidazole rings is 1. The highest BCUT2D eigenvalue weighted by Crippen LogP contribution is 2.37. The number of pyridine rings is 1. The number of hydrogen-bond donors (Lipinski definition) is 1. The summed E-state index contributed by atoms with van der Waals surface area (Å²) in [5.41, 5.74) is 3.07. The smallest absolute Gasteiger partial charge is 0.326 e. The third-order valence-electron chi connectivity index (χ3n) is 6.74. The van der Waals surface area contributed by atoms with E-state index in [1.54, 1.807) is 6.20 Å². The fraction of sp³-hybridized carbons (Fsp3) is 0.714. The Morgan fingerprint density at radius 2 is 1.86 bits per heavy atom. The van der Waals surface area contributed by atoms with Gasteiger partial charge in [-0.3, -0.25) is 14.5 Å². The Kier molecular flexibility index (Phi) is 8.19. The molecular formula is C21H34Cl2N4O2. The Labute approximate surface area is 185 Å². The summed E-state index contributed by atoms with van der Waals surface area (Å²) in [7, 11) is 0. The maximum atomic E-state index is 12.5. The van der Waals surface area contributed by atoms with Gasteiger partial charge in [0, 0.05) is 37.0 Å². The molecule has 29 heavy (non-hydrogen) atoms. The first-order chi connectivity index (χ1) is 13.0. The van der Waals surface area contributed by atoms with Crippen LogP contribution in [0.25, 0.3) is 11.0 Å². The number of H-pyrrole nitrogens is 1. The highest BCUT2D eigenvalue weighted by atomic mass is 35.5. The lowest BCUT2D eigenvalue weighted by atomic mass is 9.79. The zero-order chi connectivity index (χ0) is 19.0. The molecule has 1 saturated carbocycles. The average Bonchev–Trinajstić information content (AvgIpc) is 2.99. The molecule has 2 aromatic rings. The van der Waals surface area contributed by atoms with Crippen molar-refractivity contribution in [1.82, 2.24) is 19.4 Å². The fourth-order valence-electron chi connectivity index (χ4n) is 5.08.